The Morgan fingerprint density at radius 1 is 1.31 bits per heavy atom. The Morgan fingerprint density at radius 2 is 2.19 bits per heavy atom. The van der Waals surface area contributed by atoms with E-state index in [9.17, 15) is 4.79 Å². The van der Waals surface area contributed by atoms with Gasteiger partial charge in [0, 0.05) is 19.1 Å². The summed E-state index contributed by atoms with van der Waals surface area (Å²) >= 11 is 0. The van der Waals surface area contributed by atoms with E-state index in [1.54, 1.807) is 0 Å². The monoisotopic (exact) mass is 225 g/mol. The maximum absolute atomic E-state index is 10.9. The van der Waals surface area contributed by atoms with Crippen LogP contribution in [0, 0.1) is 11.8 Å². The van der Waals surface area contributed by atoms with Gasteiger partial charge in [-0.25, -0.2) is 4.79 Å². The Bertz CT molecular complexity index is 294. The fourth-order valence-electron chi connectivity index (χ4n) is 3.78. The molecule has 0 spiro atoms. The molecule has 4 atom stereocenters. The van der Waals surface area contributed by atoms with Crippen LogP contribution < -0.4 is 0 Å². The van der Waals surface area contributed by atoms with E-state index in [4.69, 9.17) is 9.84 Å². The molecule has 2 aliphatic carbocycles. The number of rotatable bonds is 2. The summed E-state index contributed by atoms with van der Waals surface area (Å²) in [7, 11) is 0. The minimum absolute atomic E-state index is 0.574. The molecule has 4 heteroatoms. The van der Waals surface area contributed by atoms with E-state index in [-0.39, 0.29) is 0 Å². The highest BCUT2D eigenvalue weighted by Crippen LogP contribution is 2.46. The SMILES string of the molecule is O=C(O)C1CN(C2CC3CCC2C3)CCO1. The van der Waals surface area contributed by atoms with Gasteiger partial charge in [0.25, 0.3) is 0 Å². The summed E-state index contributed by atoms with van der Waals surface area (Å²) in [5.41, 5.74) is 0. The highest BCUT2D eigenvalue weighted by atomic mass is 16.5. The standard InChI is InChI=1S/C12H19NO3/c14-12(15)11-7-13(3-4-16-11)10-6-8-1-2-9(10)5-8/h8-11H,1-7H2,(H,14,15). The van der Waals surface area contributed by atoms with E-state index in [2.05, 4.69) is 4.90 Å². The highest BCUT2D eigenvalue weighted by Gasteiger charge is 2.43. The number of morpholine rings is 1. The van der Waals surface area contributed by atoms with E-state index in [0.29, 0.717) is 19.2 Å². The maximum Gasteiger partial charge on any atom is 0.334 e. The largest absolute Gasteiger partial charge is 0.479 e. The highest BCUT2D eigenvalue weighted by molar-refractivity contribution is 5.72. The Hall–Kier alpha value is -0.610. The summed E-state index contributed by atoms with van der Waals surface area (Å²) in [5, 5.41) is 8.98. The quantitative estimate of drug-likeness (QED) is 0.760. The van der Waals surface area contributed by atoms with E-state index in [1.807, 2.05) is 0 Å². The van der Waals surface area contributed by atoms with Crippen LogP contribution in [0.1, 0.15) is 25.7 Å². The second-order valence-corrected chi connectivity index (χ2v) is 5.43. The number of carboxylic acid groups (broad SMARTS) is 1. The average Bonchev–Trinajstić information content (AvgIpc) is 2.91. The minimum Gasteiger partial charge on any atom is -0.479 e. The molecule has 2 bridgehead atoms. The minimum atomic E-state index is -0.812. The van der Waals surface area contributed by atoms with Gasteiger partial charge in [0.1, 0.15) is 0 Å². The number of carbonyl (C=O) groups is 1. The normalized spacial score (nSPS) is 43.8. The number of aliphatic carboxylic acids is 1. The maximum atomic E-state index is 10.9. The van der Waals surface area contributed by atoms with Crippen molar-refractivity contribution in [2.45, 2.75) is 37.8 Å². The third-order valence-electron chi connectivity index (χ3n) is 4.54. The molecule has 0 aromatic carbocycles. The van der Waals surface area contributed by atoms with Gasteiger partial charge in [-0.05, 0) is 31.1 Å². The summed E-state index contributed by atoms with van der Waals surface area (Å²) in [6, 6.07) is 0.643. The van der Waals surface area contributed by atoms with Crippen molar-refractivity contribution in [3.63, 3.8) is 0 Å². The third kappa shape index (κ3) is 1.74. The number of hydrogen-bond acceptors (Lipinski definition) is 3. The van der Waals surface area contributed by atoms with Gasteiger partial charge >= 0.3 is 5.97 Å². The van der Waals surface area contributed by atoms with Crippen molar-refractivity contribution in [3.05, 3.63) is 0 Å². The average molecular weight is 225 g/mol. The summed E-state index contributed by atoms with van der Waals surface area (Å²) in [6.45, 7) is 2.08. The third-order valence-corrected chi connectivity index (χ3v) is 4.54. The number of carboxylic acids is 1. The van der Waals surface area contributed by atoms with Crippen molar-refractivity contribution in [1.82, 2.24) is 4.90 Å². The summed E-state index contributed by atoms with van der Waals surface area (Å²) in [6.07, 6.45) is 4.81. The van der Waals surface area contributed by atoms with Gasteiger partial charge in [-0.2, -0.15) is 0 Å². The first kappa shape index (κ1) is 10.5. The summed E-state index contributed by atoms with van der Waals surface area (Å²) < 4.78 is 5.27. The van der Waals surface area contributed by atoms with Crippen molar-refractivity contribution < 1.29 is 14.6 Å². The van der Waals surface area contributed by atoms with Crippen molar-refractivity contribution in [3.8, 4) is 0 Å². The molecule has 0 amide bonds. The van der Waals surface area contributed by atoms with Crippen LogP contribution in [0.25, 0.3) is 0 Å². The fourth-order valence-corrected chi connectivity index (χ4v) is 3.78. The molecular formula is C12H19NO3. The number of fused-ring (bicyclic) bond motifs is 2. The second kappa shape index (κ2) is 4.00. The lowest BCUT2D eigenvalue weighted by atomic mass is 9.93. The molecule has 1 N–H and O–H groups in total. The molecule has 0 radical (unpaired) electrons. The molecule has 2 saturated carbocycles. The van der Waals surface area contributed by atoms with Gasteiger partial charge in [0.05, 0.1) is 6.61 Å². The molecule has 1 aliphatic heterocycles. The zero-order chi connectivity index (χ0) is 11.1. The van der Waals surface area contributed by atoms with Gasteiger partial charge in [0.2, 0.25) is 0 Å². The molecule has 3 rings (SSSR count). The Balaban J connectivity index is 1.64. The first-order valence-electron chi connectivity index (χ1n) is 6.32. The van der Waals surface area contributed by atoms with Crippen LogP contribution in [0.15, 0.2) is 0 Å². The van der Waals surface area contributed by atoms with E-state index in [1.165, 1.54) is 25.7 Å². The molecule has 16 heavy (non-hydrogen) atoms. The molecular weight excluding hydrogens is 206 g/mol. The molecule has 0 aromatic rings. The van der Waals surface area contributed by atoms with Gasteiger partial charge in [-0.1, -0.05) is 6.42 Å². The molecule has 3 aliphatic rings. The van der Waals surface area contributed by atoms with E-state index >= 15 is 0 Å². The lowest BCUT2D eigenvalue weighted by molar-refractivity contribution is -0.157. The van der Waals surface area contributed by atoms with E-state index < -0.39 is 12.1 Å². The first-order valence-corrected chi connectivity index (χ1v) is 6.32. The van der Waals surface area contributed by atoms with Gasteiger partial charge < -0.3 is 9.84 Å². The topological polar surface area (TPSA) is 49.8 Å². The second-order valence-electron chi connectivity index (χ2n) is 5.43. The molecule has 3 fully saturated rings. The van der Waals surface area contributed by atoms with E-state index in [0.717, 1.165) is 18.4 Å². The number of hydrogen-bond donors (Lipinski definition) is 1. The summed E-state index contributed by atoms with van der Waals surface area (Å²) in [5.74, 6) is 0.937. The van der Waals surface area contributed by atoms with Crippen LogP contribution in [-0.4, -0.2) is 47.8 Å². The Labute approximate surface area is 95.6 Å². The molecule has 1 saturated heterocycles. The zero-order valence-corrected chi connectivity index (χ0v) is 9.47. The molecule has 1 heterocycles. The molecule has 4 nitrogen and oxygen atoms in total. The summed E-state index contributed by atoms with van der Waals surface area (Å²) in [4.78, 5) is 13.3. The van der Waals surface area contributed by atoms with Crippen LogP contribution in [-0.2, 0) is 9.53 Å². The zero-order valence-electron chi connectivity index (χ0n) is 9.47. The van der Waals surface area contributed by atoms with Crippen LogP contribution in [0.4, 0.5) is 0 Å². The van der Waals surface area contributed by atoms with Gasteiger partial charge in [-0.3, -0.25) is 4.90 Å². The number of nitrogens with zero attached hydrogens (tertiary/aromatic N) is 1. The lowest BCUT2D eigenvalue weighted by Crippen LogP contribution is -2.51. The molecule has 4 unspecified atom stereocenters. The molecule has 90 valence electrons. The lowest BCUT2D eigenvalue weighted by Gasteiger charge is -2.39. The van der Waals surface area contributed by atoms with Crippen LogP contribution >= 0.6 is 0 Å². The number of ether oxygens (including phenoxy) is 1. The van der Waals surface area contributed by atoms with Crippen LogP contribution in [0.3, 0.4) is 0 Å². The first-order chi connectivity index (χ1) is 7.74. The van der Waals surface area contributed by atoms with Gasteiger partial charge in [-0.15, -0.1) is 0 Å². The van der Waals surface area contributed by atoms with Crippen LogP contribution in [0.2, 0.25) is 0 Å². The molecule has 0 aromatic heterocycles. The predicted molar refractivity (Wildman–Crippen MR) is 58.2 cm³/mol. The Kier molecular flexibility index (Phi) is 2.64. The van der Waals surface area contributed by atoms with Gasteiger partial charge in [0.15, 0.2) is 6.10 Å². The van der Waals surface area contributed by atoms with Crippen molar-refractivity contribution >= 4 is 5.97 Å². The fraction of sp³-hybridized carbons (Fsp3) is 0.917. The van der Waals surface area contributed by atoms with Crippen molar-refractivity contribution in [1.29, 1.82) is 0 Å². The predicted octanol–water partition coefficient (Wildman–Crippen LogP) is 0.960. The smallest absolute Gasteiger partial charge is 0.334 e. The van der Waals surface area contributed by atoms with Crippen molar-refractivity contribution in [2.75, 3.05) is 19.7 Å². The van der Waals surface area contributed by atoms with Crippen LogP contribution in [0.5, 0.6) is 0 Å². The van der Waals surface area contributed by atoms with Crippen molar-refractivity contribution in [2.24, 2.45) is 11.8 Å². The Morgan fingerprint density at radius 3 is 2.81 bits per heavy atom.